The highest BCUT2D eigenvalue weighted by molar-refractivity contribution is 7.89. The van der Waals surface area contributed by atoms with Gasteiger partial charge in [-0.1, -0.05) is 30.0 Å². The number of rotatable bonds is 2. The van der Waals surface area contributed by atoms with Crippen LogP contribution in [0.25, 0.3) is 0 Å². The molecule has 0 atom stereocenters. The minimum Gasteiger partial charge on any atom is -0.320 e. The van der Waals surface area contributed by atoms with Crippen molar-refractivity contribution in [2.75, 3.05) is 12.8 Å². The Morgan fingerprint density at radius 1 is 1.33 bits per heavy atom. The highest BCUT2D eigenvalue weighted by atomic mass is 32.2. The number of hydrogen-bond donors (Lipinski definition) is 1. The normalized spacial score (nSPS) is 10.5. The Kier molecular flexibility index (Phi) is 3.89. The van der Waals surface area contributed by atoms with E-state index in [4.69, 9.17) is 5.73 Å². The summed E-state index contributed by atoms with van der Waals surface area (Å²) in [6, 6.07) is 7.19. The zero-order valence-electron chi connectivity index (χ0n) is 8.53. The van der Waals surface area contributed by atoms with Crippen LogP contribution in [0.3, 0.4) is 0 Å². The summed E-state index contributed by atoms with van der Waals surface area (Å²) in [6.07, 6.45) is 1.21. The van der Waals surface area contributed by atoms with Crippen LogP contribution in [0, 0.1) is 11.8 Å². The highest BCUT2D eigenvalue weighted by Crippen LogP contribution is 2.10. The van der Waals surface area contributed by atoms with Gasteiger partial charge in [0.05, 0.1) is 12.3 Å². The zero-order valence-corrected chi connectivity index (χ0v) is 9.34. The minimum atomic E-state index is -3.02. The Morgan fingerprint density at radius 3 is 2.60 bits per heavy atom. The lowest BCUT2D eigenvalue weighted by Crippen LogP contribution is -2.02. The van der Waals surface area contributed by atoms with E-state index in [0.717, 1.165) is 11.1 Å². The third kappa shape index (κ3) is 4.15. The predicted molar refractivity (Wildman–Crippen MR) is 60.9 cm³/mol. The van der Waals surface area contributed by atoms with E-state index >= 15 is 0 Å². The third-order valence-electron chi connectivity index (χ3n) is 1.76. The molecule has 0 spiro atoms. The standard InChI is InChI=1S/C11H13NO2S/c1-15(13,14)9-11-6-3-2-5-10(11)7-4-8-12/h2-3,5-6H,8-9,12H2,1H3. The first kappa shape index (κ1) is 11.8. The van der Waals surface area contributed by atoms with E-state index < -0.39 is 9.84 Å². The maximum Gasteiger partial charge on any atom is 0.151 e. The Hall–Kier alpha value is -1.31. The fourth-order valence-electron chi connectivity index (χ4n) is 1.20. The summed E-state index contributed by atoms with van der Waals surface area (Å²) >= 11 is 0. The number of hydrogen-bond acceptors (Lipinski definition) is 3. The highest BCUT2D eigenvalue weighted by Gasteiger charge is 2.07. The Labute approximate surface area is 90.2 Å². The Morgan fingerprint density at radius 2 is 2.00 bits per heavy atom. The van der Waals surface area contributed by atoms with Crippen LogP contribution in [-0.2, 0) is 15.6 Å². The SMILES string of the molecule is CS(=O)(=O)Cc1ccccc1C#CCN. The minimum absolute atomic E-state index is 0.0163. The second-order valence-corrected chi connectivity index (χ2v) is 5.37. The molecule has 0 unspecified atom stereocenters. The summed E-state index contributed by atoms with van der Waals surface area (Å²) in [5, 5.41) is 0. The smallest absolute Gasteiger partial charge is 0.151 e. The van der Waals surface area contributed by atoms with Crippen molar-refractivity contribution in [1.82, 2.24) is 0 Å². The van der Waals surface area contributed by atoms with Crippen molar-refractivity contribution in [2.45, 2.75) is 5.75 Å². The Balaban J connectivity index is 3.07. The average molecular weight is 223 g/mol. The van der Waals surface area contributed by atoms with Gasteiger partial charge in [-0.05, 0) is 11.6 Å². The van der Waals surface area contributed by atoms with E-state index in [1.165, 1.54) is 6.26 Å². The zero-order chi connectivity index (χ0) is 11.3. The number of benzene rings is 1. The van der Waals surface area contributed by atoms with Crippen LogP contribution in [-0.4, -0.2) is 21.2 Å². The second-order valence-electron chi connectivity index (χ2n) is 3.23. The molecule has 0 saturated carbocycles. The molecular formula is C11H13NO2S. The molecule has 0 bridgehead atoms. The molecule has 0 aromatic heterocycles. The lowest BCUT2D eigenvalue weighted by atomic mass is 10.1. The predicted octanol–water partition coefficient (Wildman–Crippen LogP) is 0.541. The lowest BCUT2D eigenvalue weighted by Gasteiger charge is -2.02. The van der Waals surface area contributed by atoms with Crippen LogP contribution in [0.5, 0.6) is 0 Å². The van der Waals surface area contributed by atoms with Crippen molar-refractivity contribution in [1.29, 1.82) is 0 Å². The molecular weight excluding hydrogens is 210 g/mol. The molecule has 1 rings (SSSR count). The van der Waals surface area contributed by atoms with Gasteiger partial charge >= 0.3 is 0 Å². The molecule has 0 fully saturated rings. The summed E-state index contributed by atoms with van der Waals surface area (Å²) in [5.74, 6) is 5.59. The first-order chi connectivity index (χ1) is 7.03. The van der Waals surface area contributed by atoms with Crippen LogP contribution in [0.4, 0.5) is 0 Å². The molecule has 1 aromatic carbocycles. The topological polar surface area (TPSA) is 60.2 Å². The van der Waals surface area contributed by atoms with E-state index in [1.54, 1.807) is 18.2 Å². The summed E-state index contributed by atoms with van der Waals surface area (Å²) in [5.41, 5.74) is 6.71. The fraction of sp³-hybridized carbons (Fsp3) is 0.273. The summed E-state index contributed by atoms with van der Waals surface area (Å²) in [4.78, 5) is 0. The van der Waals surface area contributed by atoms with E-state index in [2.05, 4.69) is 11.8 Å². The molecule has 80 valence electrons. The molecule has 0 saturated heterocycles. The molecule has 0 heterocycles. The lowest BCUT2D eigenvalue weighted by molar-refractivity contribution is 0.601. The van der Waals surface area contributed by atoms with E-state index in [9.17, 15) is 8.42 Å². The van der Waals surface area contributed by atoms with Gasteiger partial charge in [0, 0.05) is 11.8 Å². The maximum absolute atomic E-state index is 11.2. The van der Waals surface area contributed by atoms with Gasteiger partial charge < -0.3 is 5.73 Å². The molecule has 0 radical (unpaired) electrons. The van der Waals surface area contributed by atoms with Gasteiger partial charge in [0.15, 0.2) is 9.84 Å². The van der Waals surface area contributed by atoms with Crippen LogP contribution in [0.15, 0.2) is 24.3 Å². The van der Waals surface area contributed by atoms with E-state index in [-0.39, 0.29) is 12.3 Å². The molecule has 0 aliphatic heterocycles. The molecule has 2 N–H and O–H groups in total. The van der Waals surface area contributed by atoms with Crippen molar-refractivity contribution in [3.8, 4) is 11.8 Å². The summed E-state index contributed by atoms with van der Waals surface area (Å²) in [7, 11) is -3.02. The monoisotopic (exact) mass is 223 g/mol. The van der Waals surface area contributed by atoms with Crippen LogP contribution >= 0.6 is 0 Å². The van der Waals surface area contributed by atoms with E-state index in [1.807, 2.05) is 6.07 Å². The Bertz CT molecular complexity index is 495. The van der Waals surface area contributed by atoms with Gasteiger partial charge in [-0.25, -0.2) is 8.42 Å². The molecule has 15 heavy (non-hydrogen) atoms. The quantitative estimate of drug-likeness (QED) is 0.744. The van der Waals surface area contributed by atoms with Crippen LogP contribution < -0.4 is 5.73 Å². The molecule has 3 nitrogen and oxygen atoms in total. The third-order valence-corrected chi connectivity index (χ3v) is 2.60. The first-order valence-electron chi connectivity index (χ1n) is 4.47. The summed E-state index contributed by atoms with van der Waals surface area (Å²) in [6.45, 7) is 0.271. The van der Waals surface area contributed by atoms with Gasteiger partial charge in [-0.3, -0.25) is 0 Å². The summed E-state index contributed by atoms with van der Waals surface area (Å²) < 4.78 is 22.3. The van der Waals surface area contributed by atoms with E-state index in [0.29, 0.717) is 0 Å². The van der Waals surface area contributed by atoms with Crippen molar-refractivity contribution in [3.05, 3.63) is 35.4 Å². The van der Waals surface area contributed by atoms with Gasteiger partial charge in [0.1, 0.15) is 0 Å². The molecule has 0 aliphatic carbocycles. The molecule has 0 aliphatic rings. The molecule has 4 heteroatoms. The van der Waals surface area contributed by atoms with Crippen molar-refractivity contribution < 1.29 is 8.42 Å². The van der Waals surface area contributed by atoms with Gasteiger partial charge in [0.25, 0.3) is 0 Å². The maximum atomic E-state index is 11.2. The van der Waals surface area contributed by atoms with Gasteiger partial charge in [-0.15, -0.1) is 0 Å². The van der Waals surface area contributed by atoms with Gasteiger partial charge in [0.2, 0.25) is 0 Å². The second kappa shape index (κ2) is 4.96. The first-order valence-corrected chi connectivity index (χ1v) is 6.53. The van der Waals surface area contributed by atoms with Crippen LogP contribution in [0.1, 0.15) is 11.1 Å². The van der Waals surface area contributed by atoms with Crippen molar-refractivity contribution >= 4 is 9.84 Å². The van der Waals surface area contributed by atoms with Gasteiger partial charge in [-0.2, -0.15) is 0 Å². The van der Waals surface area contributed by atoms with Crippen molar-refractivity contribution in [3.63, 3.8) is 0 Å². The fourth-order valence-corrected chi connectivity index (χ4v) is 2.01. The largest absolute Gasteiger partial charge is 0.320 e. The average Bonchev–Trinajstić information content (AvgIpc) is 2.14. The molecule has 0 amide bonds. The number of sulfone groups is 1. The van der Waals surface area contributed by atoms with Crippen LogP contribution in [0.2, 0.25) is 0 Å². The molecule has 1 aromatic rings. The number of nitrogens with two attached hydrogens (primary N) is 1. The van der Waals surface area contributed by atoms with Crippen molar-refractivity contribution in [2.24, 2.45) is 5.73 Å².